The van der Waals surface area contributed by atoms with Crippen molar-refractivity contribution < 1.29 is 13.2 Å². The van der Waals surface area contributed by atoms with Gasteiger partial charge in [0.25, 0.3) is 0 Å². The summed E-state index contributed by atoms with van der Waals surface area (Å²) in [6, 6.07) is 0. The second-order valence-electron chi connectivity index (χ2n) is 4.54. The molecule has 1 aliphatic rings. The van der Waals surface area contributed by atoms with Gasteiger partial charge in [-0.1, -0.05) is 26.7 Å². The third kappa shape index (κ3) is 3.30. The number of hydrogen-bond donors (Lipinski definition) is 0. The minimum atomic E-state index is -3.19. The Labute approximate surface area is 92.2 Å². The van der Waals surface area contributed by atoms with E-state index in [1.54, 1.807) is 0 Å². The number of sulfone groups is 1. The van der Waals surface area contributed by atoms with Crippen molar-refractivity contribution in [2.75, 3.05) is 5.75 Å². The lowest BCUT2D eigenvalue weighted by atomic mass is 9.99. The molecule has 0 bridgehead atoms. The van der Waals surface area contributed by atoms with Gasteiger partial charge in [-0.3, -0.25) is 4.79 Å². The molecular weight excluding hydrogens is 212 g/mol. The lowest BCUT2D eigenvalue weighted by Gasteiger charge is -2.22. The molecule has 4 heteroatoms. The Kier molecular flexibility index (Phi) is 4.32. The van der Waals surface area contributed by atoms with Gasteiger partial charge in [-0.2, -0.15) is 0 Å². The van der Waals surface area contributed by atoms with Gasteiger partial charge < -0.3 is 0 Å². The second kappa shape index (κ2) is 5.10. The quantitative estimate of drug-likeness (QED) is 0.744. The molecule has 0 saturated heterocycles. The molecule has 2 unspecified atom stereocenters. The number of Topliss-reactive ketones (excluding diaryl/α,β-unsaturated/α-hetero) is 1. The van der Waals surface area contributed by atoms with Gasteiger partial charge >= 0.3 is 0 Å². The van der Waals surface area contributed by atoms with Crippen LogP contribution in [-0.4, -0.2) is 25.2 Å². The number of ketones is 1. The number of rotatable bonds is 4. The number of carbonyl (C=O) groups is 1. The molecule has 1 fully saturated rings. The van der Waals surface area contributed by atoms with Crippen LogP contribution >= 0.6 is 0 Å². The second-order valence-corrected chi connectivity index (χ2v) is 6.77. The Hall–Kier alpha value is -0.380. The average Bonchev–Trinajstić information content (AvgIpc) is 2.17. The number of carbonyl (C=O) groups excluding carboxylic acids is 1. The normalized spacial score (nSPS) is 25.2. The van der Waals surface area contributed by atoms with Crippen molar-refractivity contribution in [2.45, 2.75) is 51.2 Å². The molecule has 1 rings (SSSR count). The molecular formula is C11H20O3S. The fourth-order valence-electron chi connectivity index (χ4n) is 1.96. The highest BCUT2D eigenvalue weighted by molar-refractivity contribution is 7.92. The minimum Gasteiger partial charge on any atom is -0.298 e. The van der Waals surface area contributed by atoms with Crippen LogP contribution in [0.3, 0.4) is 0 Å². The molecule has 0 N–H and O–H groups in total. The molecule has 0 aliphatic heterocycles. The zero-order chi connectivity index (χ0) is 11.5. The Balaban J connectivity index is 2.71. The Bertz CT molecular complexity index is 319. The maximum Gasteiger partial charge on any atom is 0.160 e. The molecule has 0 aromatic heterocycles. The molecule has 3 nitrogen and oxygen atoms in total. The van der Waals surface area contributed by atoms with Crippen molar-refractivity contribution >= 4 is 15.6 Å². The van der Waals surface area contributed by atoms with Crippen molar-refractivity contribution in [1.82, 2.24) is 0 Å². The number of hydrogen-bond acceptors (Lipinski definition) is 3. The Morgan fingerprint density at radius 2 is 2.07 bits per heavy atom. The van der Waals surface area contributed by atoms with Crippen LogP contribution in [0.5, 0.6) is 0 Å². The molecule has 0 aromatic rings. The molecule has 0 spiro atoms. The van der Waals surface area contributed by atoms with E-state index in [-0.39, 0.29) is 17.5 Å². The van der Waals surface area contributed by atoms with Crippen molar-refractivity contribution in [1.29, 1.82) is 0 Å². The first-order valence-electron chi connectivity index (χ1n) is 5.71. The first-order chi connectivity index (χ1) is 6.97. The molecule has 2 atom stereocenters. The summed E-state index contributed by atoms with van der Waals surface area (Å²) in [4.78, 5) is 11.5. The summed E-state index contributed by atoms with van der Waals surface area (Å²) in [7, 11) is -3.19. The summed E-state index contributed by atoms with van der Waals surface area (Å²) in [6.45, 7) is 3.90. The lowest BCUT2D eigenvalue weighted by molar-refractivity contribution is -0.119. The lowest BCUT2D eigenvalue weighted by Crippen LogP contribution is -2.36. The van der Waals surface area contributed by atoms with Crippen LogP contribution in [0.2, 0.25) is 0 Å². The van der Waals surface area contributed by atoms with E-state index in [9.17, 15) is 13.2 Å². The van der Waals surface area contributed by atoms with Crippen LogP contribution in [0.15, 0.2) is 0 Å². The van der Waals surface area contributed by atoms with E-state index < -0.39 is 15.1 Å². The van der Waals surface area contributed by atoms with E-state index in [4.69, 9.17) is 0 Å². The van der Waals surface area contributed by atoms with E-state index in [2.05, 4.69) is 0 Å². The minimum absolute atomic E-state index is 0.0652. The summed E-state index contributed by atoms with van der Waals surface area (Å²) >= 11 is 0. The van der Waals surface area contributed by atoms with E-state index in [1.807, 2.05) is 13.8 Å². The Morgan fingerprint density at radius 3 is 2.60 bits per heavy atom. The van der Waals surface area contributed by atoms with Gasteiger partial charge in [0, 0.05) is 6.42 Å². The van der Waals surface area contributed by atoms with Crippen LogP contribution in [-0.2, 0) is 14.6 Å². The van der Waals surface area contributed by atoms with Crippen LogP contribution in [0.1, 0.15) is 46.0 Å². The van der Waals surface area contributed by atoms with Crippen molar-refractivity contribution in [2.24, 2.45) is 5.92 Å². The van der Waals surface area contributed by atoms with E-state index >= 15 is 0 Å². The summed E-state index contributed by atoms with van der Waals surface area (Å²) in [5, 5.41) is -0.694. The highest BCUT2D eigenvalue weighted by atomic mass is 32.2. The van der Waals surface area contributed by atoms with Gasteiger partial charge in [-0.25, -0.2) is 8.42 Å². The van der Waals surface area contributed by atoms with Gasteiger partial charge in [-0.05, 0) is 18.8 Å². The first kappa shape index (κ1) is 12.7. The molecule has 88 valence electrons. The van der Waals surface area contributed by atoms with E-state index in [1.165, 1.54) is 0 Å². The van der Waals surface area contributed by atoms with Crippen LogP contribution in [0.25, 0.3) is 0 Å². The topological polar surface area (TPSA) is 51.2 Å². The Morgan fingerprint density at radius 1 is 1.40 bits per heavy atom. The predicted octanol–water partition coefficient (Wildman–Crippen LogP) is 1.96. The van der Waals surface area contributed by atoms with Gasteiger partial charge in [-0.15, -0.1) is 0 Å². The van der Waals surface area contributed by atoms with Gasteiger partial charge in [0.05, 0.1) is 5.75 Å². The SMILES string of the molecule is CCC(C)CS(=O)(=O)C1CCCCC1=O. The fourth-order valence-corrected chi connectivity index (χ4v) is 4.27. The highest BCUT2D eigenvalue weighted by Crippen LogP contribution is 2.23. The van der Waals surface area contributed by atoms with Crippen LogP contribution < -0.4 is 0 Å². The highest BCUT2D eigenvalue weighted by Gasteiger charge is 2.34. The third-order valence-corrected chi connectivity index (χ3v) is 5.55. The molecule has 0 heterocycles. The zero-order valence-corrected chi connectivity index (χ0v) is 10.3. The molecule has 0 amide bonds. The van der Waals surface area contributed by atoms with Crippen LogP contribution in [0, 0.1) is 5.92 Å². The smallest absolute Gasteiger partial charge is 0.160 e. The summed E-state index contributed by atoms with van der Waals surface area (Å²) in [5.41, 5.74) is 0. The van der Waals surface area contributed by atoms with Crippen molar-refractivity contribution in [3.05, 3.63) is 0 Å². The van der Waals surface area contributed by atoms with Crippen molar-refractivity contribution in [3.8, 4) is 0 Å². The molecule has 0 aromatic carbocycles. The van der Waals surface area contributed by atoms with Gasteiger partial charge in [0.15, 0.2) is 15.6 Å². The monoisotopic (exact) mass is 232 g/mol. The molecule has 1 aliphatic carbocycles. The summed E-state index contributed by atoms with van der Waals surface area (Å²) in [5.74, 6) is 0.258. The first-order valence-corrected chi connectivity index (χ1v) is 7.43. The van der Waals surface area contributed by atoms with Gasteiger partial charge in [0.2, 0.25) is 0 Å². The summed E-state index contributed by atoms with van der Waals surface area (Å²) in [6.07, 6.45) is 3.56. The van der Waals surface area contributed by atoms with Crippen LogP contribution in [0.4, 0.5) is 0 Å². The largest absolute Gasteiger partial charge is 0.298 e. The molecule has 0 radical (unpaired) electrons. The maximum atomic E-state index is 11.9. The third-order valence-electron chi connectivity index (χ3n) is 3.15. The van der Waals surface area contributed by atoms with E-state index in [0.29, 0.717) is 12.8 Å². The maximum absolute atomic E-state index is 11.9. The van der Waals surface area contributed by atoms with E-state index in [0.717, 1.165) is 19.3 Å². The molecule has 1 saturated carbocycles. The standard InChI is InChI=1S/C11H20O3S/c1-3-9(2)8-15(13,14)11-7-5-4-6-10(11)12/h9,11H,3-8H2,1-2H3. The average molecular weight is 232 g/mol. The fraction of sp³-hybridized carbons (Fsp3) is 0.909. The van der Waals surface area contributed by atoms with Crippen molar-refractivity contribution in [3.63, 3.8) is 0 Å². The summed E-state index contributed by atoms with van der Waals surface area (Å²) < 4.78 is 23.9. The molecule has 15 heavy (non-hydrogen) atoms. The predicted molar refractivity (Wildman–Crippen MR) is 60.5 cm³/mol. The van der Waals surface area contributed by atoms with Gasteiger partial charge in [0.1, 0.15) is 5.25 Å². The zero-order valence-electron chi connectivity index (χ0n) is 9.53.